The molecule has 0 aliphatic heterocycles. The monoisotopic (exact) mass is 284 g/mol. The first-order valence-corrected chi connectivity index (χ1v) is 6.53. The molecule has 0 spiro atoms. The van der Waals surface area contributed by atoms with Crippen molar-refractivity contribution in [3.8, 4) is 0 Å². The van der Waals surface area contributed by atoms with E-state index in [2.05, 4.69) is 9.97 Å². The van der Waals surface area contributed by atoms with E-state index in [-0.39, 0.29) is 5.60 Å². The summed E-state index contributed by atoms with van der Waals surface area (Å²) in [5.41, 5.74) is 0.116. The Hall–Kier alpha value is -1.56. The highest BCUT2D eigenvalue weighted by Gasteiger charge is 2.38. The van der Waals surface area contributed by atoms with Crippen LogP contribution in [-0.4, -0.2) is 22.7 Å². The van der Waals surface area contributed by atoms with E-state index in [0.29, 0.717) is 23.3 Å². The van der Waals surface area contributed by atoms with Gasteiger partial charge in [0.15, 0.2) is 0 Å². The summed E-state index contributed by atoms with van der Waals surface area (Å²) in [5, 5.41) is 0. The first-order chi connectivity index (χ1) is 9.42. The van der Waals surface area contributed by atoms with Crippen molar-refractivity contribution in [1.29, 1.82) is 0 Å². The van der Waals surface area contributed by atoms with E-state index in [4.69, 9.17) is 4.74 Å². The number of ether oxygens (including phenoxy) is 1. The first-order valence-electron chi connectivity index (χ1n) is 6.53. The zero-order valence-electron chi connectivity index (χ0n) is 11.0. The van der Waals surface area contributed by atoms with Gasteiger partial charge in [-0.2, -0.15) is 13.2 Å². The molecular formula is C14H15F3N2O. The van der Waals surface area contributed by atoms with Crippen molar-refractivity contribution in [2.24, 2.45) is 0 Å². The third-order valence-electron chi connectivity index (χ3n) is 4.05. The molecule has 0 amide bonds. The second-order valence-electron chi connectivity index (χ2n) is 5.33. The maximum Gasteiger partial charge on any atom is 0.416 e. The number of aromatic amines is 1. The van der Waals surface area contributed by atoms with Crippen LogP contribution < -0.4 is 0 Å². The molecule has 1 heterocycles. The molecule has 3 rings (SSSR count). The highest BCUT2D eigenvalue weighted by Crippen LogP contribution is 2.38. The number of imidazole rings is 1. The molecular weight excluding hydrogens is 269 g/mol. The summed E-state index contributed by atoms with van der Waals surface area (Å²) in [6, 6.07) is 3.56. The zero-order chi connectivity index (χ0) is 14.4. The van der Waals surface area contributed by atoms with Crippen molar-refractivity contribution in [3.63, 3.8) is 0 Å². The molecule has 1 N–H and O–H groups in total. The summed E-state index contributed by atoms with van der Waals surface area (Å²) in [4.78, 5) is 7.32. The van der Waals surface area contributed by atoms with Crippen LogP contribution in [0.15, 0.2) is 18.2 Å². The molecule has 0 saturated heterocycles. The van der Waals surface area contributed by atoms with Crippen LogP contribution >= 0.6 is 0 Å². The predicted octanol–water partition coefficient (Wildman–Crippen LogP) is 3.69. The van der Waals surface area contributed by atoms with E-state index >= 15 is 0 Å². The molecule has 108 valence electrons. The highest BCUT2D eigenvalue weighted by atomic mass is 19.4. The Morgan fingerprint density at radius 3 is 2.65 bits per heavy atom. The van der Waals surface area contributed by atoms with Gasteiger partial charge in [-0.3, -0.25) is 0 Å². The van der Waals surface area contributed by atoms with Crippen molar-refractivity contribution in [3.05, 3.63) is 29.6 Å². The van der Waals surface area contributed by atoms with Crippen LogP contribution in [0.1, 0.15) is 30.7 Å². The minimum Gasteiger partial charge on any atom is -0.378 e. The number of fused-ring (bicyclic) bond motifs is 1. The molecule has 0 unspecified atom stereocenters. The standard InChI is InChI=1S/C14H15F3N2O/c1-20-13(5-2-6-13)8-12-18-10-4-3-9(14(15,16)17)7-11(10)19-12/h3-4,7H,2,5-6,8H2,1H3,(H,18,19). The van der Waals surface area contributed by atoms with Gasteiger partial charge in [0.25, 0.3) is 0 Å². The van der Waals surface area contributed by atoms with Gasteiger partial charge >= 0.3 is 6.18 Å². The van der Waals surface area contributed by atoms with Crippen molar-refractivity contribution >= 4 is 11.0 Å². The number of nitrogens with one attached hydrogen (secondary N) is 1. The normalized spacial score (nSPS) is 18.2. The second-order valence-corrected chi connectivity index (χ2v) is 5.33. The lowest BCUT2D eigenvalue weighted by Gasteiger charge is -2.39. The zero-order valence-corrected chi connectivity index (χ0v) is 11.0. The lowest BCUT2D eigenvalue weighted by atomic mass is 9.77. The minimum absolute atomic E-state index is 0.194. The number of halogens is 3. The molecule has 0 bridgehead atoms. The Kier molecular flexibility index (Phi) is 3.01. The number of benzene rings is 1. The van der Waals surface area contributed by atoms with Crippen LogP contribution in [0.5, 0.6) is 0 Å². The third kappa shape index (κ3) is 2.28. The average Bonchev–Trinajstić information content (AvgIpc) is 2.73. The topological polar surface area (TPSA) is 37.9 Å². The Balaban J connectivity index is 1.91. The first kappa shape index (κ1) is 13.4. The Bertz CT molecular complexity index is 623. The summed E-state index contributed by atoms with van der Waals surface area (Å²) in [7, 11) is 1.67. The molecule has 1 aromatic carbocycles. The largest absolute Gasteiger partial charge is 0.416 e. The van der Waals surface area contributed by atoms with Gasteiger partial charge in [0.2, 0.25) is 0 Å². The summed E-state index contributed by atoms with van der Waals surface area (Å²) >= 11 is 0. The summed E-state index contributed by atoms with van der Waals surface area (Å²) in [5.74, 6) is 0.681. The number of hydrogen-bond donors (Lipinski definition) is 1. The fourth-order valence-corrected chi connectivity index (χ4v) is 2.65. The van der Waals surface area contributed by atoms with Gasteiger partial charge < -0.3 is 9.72 Å². The molecule has 0 radical (unpaired) electrons. The van der Waals surface area contributed by atoms with E-state index in [1.165, 1.54) is 6.07 Å². The third-order valence-corrected chi connectivity index (χ3v) is 4.05. The predicted molar refractivity (Wildman–Crippen MR) is 68.4 cm³/mol. The van der Waals surface area contributed by atoms with Gasteiger partial charge in [-0.25, -0.2) is 4.98 Å². The number of nitrogens with zero attached hydrogens (tertiary/aromatic N) is 1. The van der Waals surface area contributed by atoms with Crippen molar-refractivity contribution in [2.75, 3.05) is 7.11 Å². The fourth-order valence-electron chi connectivity index (χ4n) is 2.65. The number of methoxy groups -OCH3 is 1. The molecule has 1 saturated carbocycles. The Morgan fingerprint density at radius 1 is 1.35 bits per heavy atom. The van der Waals surface area contributed by atoms with Gasteiger partial charge in [0.1, 0.15) is 5.82 Å². The molecule has 1 fully saturated rings. The SMILES string of the molecule is COC1(Cc2nc3ccc(C(F)(F)F)cc3[nH]2)CCC1. The van der Waals surface area contributed by atoms with Crippen molar-refractivity contribution in [1.82, 2.24) is 9.97 Å². The molecule has 1 aliphatic carbocycles. The average molecular weight is 284 g/mol. The van der Waals surface area contributed by atoms with Gasteiger partial charge in [-0.15, -0.1) is 0 Å². The van der Waals surface area contributed by atoms with E-state index in [0.717, 1.165) is 31.4 Å². The molecule has 1 aromatic heterocycles. The van der Waals surface area contributed by atoms with E-state index in [1.54, 1.807) is 7.11 Å². The smallest absolute Gasteiger partial charge is 0.378 e. The highest BCUT2D eigenvalue weighted by molar-refractivity contribution is 5.76. The molecule has 2 aromatic rings. The fraction of sp³-hybridized carbons (Fsp3) is 0.500. The molecule has 0 atom stereocenters. The number of H-pyrrole nitrogens is 1. The van der Waals surface area contributed by atoms with Crippen LogP contribution in [-0.2, 0) is 17.3 Å². The van der Waals surface area contributed by atoms with Crippen LogP contribution in [0.25, 0.3) is 11.0 Å². The van der Waals surface area contributed by atoms with Crippen molar-refractivity contribution in [2.45, 2.75) is 37.5 Å². The number of hydrogen-bond acceptors (Lipinski definition) is 2. The number of rotatable bonds is 3. The lowest BCUT2D eigenvalue weighted by Crippen LogP contribution is -2.41. The molecule has 20 heavy (non-hydrogen) atoms. The maximum atomic E-state index is 12.7. The van der Waals surface area contributed by atoms with Crippen LogP contribution in [0.3, 0.4) is 0 Å². The Morgan fingerprint density at radius 2 is 2.10 bits per heavy atom. The number of aromatic nitrogens is 2. The second kappa shape index (κ2) is 4.48. The van der Waals surface area contributed by atoms with Gasteiger partial charge in [0.05, 0.1) is 22.2 Å². The maximum absolute atomic E-state index is 12.7. The van der Waals surface area contributed by atoms with Crippen LogP contribution in [0, 0.1) is 0 Å². The molecule has 1 aliphatic rings. The van der Waals surface area contributed by atoms with Crippen molar-refractivity contribution < 1.29 is 17.9 Å². The minimum atomic E-state index is -4.33. The van der Waals surface area contributed by atoms with Gasteiger partial charge in [0, 0.05) is 13.5 Å². The molecule has 6 heteroatoms. The van der Waals surface area contributed by atoms with E-state index < -0.39 is 11.7 Å². The van der Waals surface area contributed by atoms with E-state index in [9.17, 15) is 13.2 Å². The summed E-state index contributed by atoms with van der Waals surface area (Å²) in [6.45, 7) is 0. The van der Waals surface area contributed by atoms with Crippen LogP contribution in [0.4, 0.5) is 13.2 Å². The molecule has 3 nitrogen and oxygen atoms in total. The Labute approximate surface area is 114 Å². The lowest BCUT2D eigenvalue weighted by molar-refractivity contribution is -0.137. The quantitative estimate of drug-likeness (QED) is 0.933. The van der Waals surface area contributed by atoms with Crippen LogP contribution in [0.2, 0.25) is 0 Å². The van der Waals surface area contributed by atoms with Gasteiger partial charge in [-0.05, 0) is 37.5 Å². The van der Waals surface area contributed by atoms with E-state index in [1.807, 2.05) is 0 Å². The number of alkyl halides is 3. The van der Waals surface area contributed by atoms with Gasteiger partial charge in [-0.1, -0.05) is 0 Å². The summed E-state index contributed by atoms with van der Waals surface area (Å²) in [6.07, 6.45) is -0.671. The summed E-state index contributed by atoms with van der Waals surface area (Å²) < 4.78 is 43.5.